The molecule has 1 aromatic heterocycles. The number of halogens is 2. The van der Waals surface area contributed by atoms with E-state index in [9.17, 15) is 0 Å². The van der Waals surface area contributed by atoms with Gasteiger partial charge in [0.05, 0.1) is 5.88 Å². The quantitative estimate of drug-likeness (QED) is 0.356. The molecular formula is C9H7Cl2N. The molecule has 0 spiro atoms. The molecule has 3 heteroatoms. The summed E-state index contributed by atoms with van der Waals surface area (Å²) in [5, 5.41) is 0.520. The van der Waals surface area contributed by atoms with E-state index in [1.54, 1.807) is 6.20 Å². The highest BCUT2D eigenvalue weighted by Gasteiger charge is 1.95. The minimum absolute atomic E-state index is 0.335. The molecule has 0 unspecified atom stereocenters. The lowest BCUT2D eigenvalue weighted by molar-refractivity contribution is 1.25. The highest BCUT2D eigenvalue weighted by atomic mass is 35.5. The second-order valence-electron chi connectivity index (χ2n) is 2.27. The highest BCUT2D eigenvalue weighted by molar-refractivity contribution is 6.30. The molecule has 1 rings (SSSR count). The van der Waals surface area contributed by atoms with Crippen LogP contribution >= 0.6 is 23.2 Å². The Hall–Kier alpha value is -0.710. The number of pyridine rings is 1. The average molecular weight is 200 g/mol. The van der Waals surface area contributed by atoms with Crippen LogP contribution in [-0.4, -0.2) is 10.9 Å². The zero-order valence-corrected chi connectivity index (χ0v) is 8.08. The highest BCUT2D eigenvalue weighted by Crippen LogP contribution is 2.11. The smallest absolute Gasteiger partial charge is 0.132 e. The van der Waals surface area contributed by atoms with Crippen LogP contribution in [0, 0.1) is 18.8 Å². The fraction of sp³-hybridized carbons (Fsp3) is 0.222. The zero-order chi connectivity index (χ0) is 8.97. The van der Waals surface area contributed by atoms with Crippen LogP contribution in [0.3, 0.4) is 0 Å². The summed E-state index contributed by atoms with van der Waals surface area (Å²) in [7, 11) is 0. The second-order valence-corrected chi connectivity index (χ2v) is 2.89. The van der Waals surface area contributed by atoms with Crippen LogP contribution in [0.2, 0.25) is 5.15 Å². The van der Waals surface area contributed by atoms with E-state index in [4.69, 9.17) is 23.2 Å². The molecule has 0 saturated carbocycles. The van der Waals surface area contributed by atoms with Crippen molar-refractivity contribution in [2.24, 2.45) is 0 Å². The van der Waals surface area contributed by atoms with E-state index in [2.05, 4.69) is 16.8 Å². The third-order valence-corrected chi connectivity index (χ3v) is 1.84. The first-order valence-corrected chi connectivity index (χ1v) is 4.32. The first-order chi connectivity index (χ1) is 5.74. The minimum atomic E-state index is 0.335. The predicted molar refractivity (Wildman–Crippen MR) is 51.6 cm³/mol. The summed E-state index contributed by atoms with van der Waals surface area (Å²) in [6.45, 7) is 1.89. The molecule has 1 heterocycles. The van der Waals surface area contributed by atoms with Crippen molar-refractivity contribution in [2.45, 2.75) is 6.92 Å². The van der Waals surface area contributed by atoms with Gasteiger partial charge in [0.15, 0.2) is 0 Å². The molecule has 1 aromatic rings. The van der Waals surface area contributed by atoms with Crippen LogP contribution in [0.5, 0.6) is 0 Å². The van der Waals surface area contributed by atoms with Crippen LogP contribution in [0.15, 0.2) is 12.3 Å². The van der Waals surface area contributed by atoms with Crippen molar-refractivity contribution in [3.63, 3.8) is 0 Å². The molecular weight excluding hydrogens is 193 g/mol. The molecule has 0 aliphatic rings. The Morgan fingerprint density at radius 1 is 1.58 bits per heavy atom. The van der Waals surface area contributed by atoms with E-state index < -0.39 is 0 Å². The number of aryl methyl sites for hydroxylation is 1. The van der Waals surface area contributed by atoms with Crippen molar-refractivity contribution in [2.75, 3.05) is 5.88 Å². The fourth-order valence-corrected chi connectivity index (χ4v) is 0.932. The summed E-state index contributed by atoms with van der Waals surface area (Å²) in [6.07, 6.45) is 1.63. The van der Waals surface area contributed by atoms with E-state index in [-0.39, 0.29) is 0 Å². The van der Waals surface area contributed by atoms with E-state index in [0.29, 0.717) is 11.0 Å². The molecule has 0 aliphatic carbocycles. The molecule has 0 atom stereocenters. The van der Waals surface area contributed by atoms with E-state index in [0.717, 1.165) is 11.1 Å². The van der Waals surface area contributed by atoms with E-state index in [1.165, 1.54) is 0 Å². The Labute approximate surface area is 81.7 Å². The number of aromatic nitrogens is 1. The molecule has 0 fully saturated rings. The third-order valence-electron chi connectivity index (χ3n) is 1.31. The standard InChI is InChI=1S/C9H7Cl2N/c1-7-5-8(3-2-4-10)6-12-9(7)11/h5-6H,4H2,1H3. The number of hydrogen-bond acceptors (Lipinski definition) is 1. The van der Waals surface area contributed by atoms with Gasteiger partial charge in [0.25, 0.3) is 0 Å². The summed E-state index contributed by atoms with van der Waals surface area (Å²) in [5.41, 5.74) is 1.77. The Kier molecular flexibility index (Phi) is 3.40. The first-order valence-electron chi connectivity index (χ1n) is 3.41. The number of hydrogen-bond donors (Lipinski definition) is 0. The van der Waals surface area contributed by atoms with Gasteiger partial charge in [-0.1, -0.05) is 23.4 Å². The first kappa shape index (κ1) is 9.38. The molecule has 12 heavy (non-hydrogen) atoms. The van der Waals surface area contributed by atoms with Gasteiger partial charge in [0.2, 0.25) is 0 Å². The molecule has 0 aliphatic heterocycles. The van der Waals surface area contributed by atoms with Gasteiger partial charge < -0.3 is 0 Å². The van der Waals surface area contributed by atoms with Gasteiger partial charge >= 0.3 is 0 Å². The van der Waals surface area contributed by atoms with Crippen molar-refractivity contribution in [1.29, 1.82) is 0 Å². The molecule has 0 amide bonds. The summed E-state index contributed by atoms with van der Waals surface area (Å²) in [4.78, 5) is 3.95. The largest absolute Gasteiger partial charge is 0.243 e. The maximum absolute atomic E-state index is 5.73. The number of rotatable bonds is 0. The topological polar surface area (TPSA) is 12.9 Å². The van der Waals surface area contributed by atoms with Gasteiger partial charge in [-0.3, -0.25) is 0 Å². The monoisotopic (exact) mass is 199 g/mol. The van der Waals surface area contributed by atoms with Crippen molar-refractivity contribution in [3.8, 4) is 11.8 Å². The lowest BCUT2D eigenvalue weighted by atomic mass is 10.2. The number of nitrogens with zero attached hydrogens (tertiary/aromatic N) is 1. The maximum Gasteiger partial charge on any atom is 0.132 e. The fourth-order valence-electron chi connectivity index (χ4n) is 0.762. The maximum atomic E-state index is 5.73. The van der Waals surface area contributed by atoms with Crippen LogP contribution in [-0.2, 0) is 0 Å². The molecule has 62 valence electrons. The number of alkyl halides is 1. The van der Waals surface area contributed by atoms with Gasteiger partial charge in [0.1, 0.15) is 5.15 Å². The Morgan fingerprint density at radius 3 is 2.92 bits per heavy atom. The van der Waals surface area contributed by atoms with Crippen molar-refractivity contribution < 1.29 is 0 Å². The zero-order valence-electron chi connectivity index (χ0n) is 6.56. The second kappa shape index (κ2) is 4.35. The summed E-state index contributed by atoms with van der Waals surface area (Å²) in [5.74, 6) is 5.94. The van der Waals surface area contributed by atoms with Gasteiger partial charge in [0, 0.05) is 11.8 Å². The summed E-state index contributed by atoms with van der Waals surface area (Å²) >= 11 is 11.1. The van der Waals surface area contributed by atoms with Crippen molar-refractivity contribution >= 4 is 23.2 Å². The Morgan fingerprint density at radius 2 is 2.33 bits per heavy atom. The van der Waals surface area contributed by atoms with Gasteiger partial charge in [-0.15, -0.1) is 11.6 Å². The summed E-state index contributed by atoms with van der Waals surface area (Å²) < 4.78 is 0. The molecule has 0 bridgehead atoms. The van der Waals surface area contributed by atoms with Crippen LogP contribution < -0.4 is 0 Å². The lowest BCUT2D eigenvalue weighted by Gasteiger charge is -1.95. The van der Waals surface area contributed by atoms with E-state index in [1.807, 2.05) is 13.0 Å². The van der Waals surface area contributed by atoms with Crippen molar-refractivity contribution in [3.05, 3.63) is 28.5 Å². The van der Waals surface area contributed by atoms with Gasteiger partial charge in [-0.25, -0.2) is 4.98 Å². The molecule has 0 aromatic carbocycles. The van der Waals surface area contributed by atoms with Gasteiger partial charge in [-0.2, -0.15) is 0 Å². The normalized spacial score (nSPS) is 8.92. The Bertz CT molecular complexity index is 336. The van der Waals surface area contributed by atoms with E-state index >= 15 is 0 Å². The molecule has 1 nitrogen and oxygen atoms in total. The van der Waals surface area contributed by atoms with Gasteiger partial charge in [-0.05, 0) is 18.6 Å². The van der Waals surface area contributed by atoms with Crippen LogP contribution in [0.4, 0.5) is 0 Å². The summed E-state index contributed by atoms with van der Waals surface area (Å²) in [6, 6.07) is 1.88. The minimum Gasteiger partial charge on any atom is -0.243 e. The predicted octanol–water partition coefficient (Wildman–Crippen LogP) is 2.63. The van der Waals surface area contributed by atoms with Crippen LogP contribution in [0.25, 0.3) is 0 Å². The SMILES string of the molecule is Cc1cc(C#CCCl)cnc1Cl. The lowest BCUT2D eigenvalue weighted by Crippen LogP contribution is -1.83. The van der Waals surface area contributed by atoms with Crippen molar-refractivity contribution in [1.82, 2.24) is 4.98 Å². The average Bonchev–Trinajstić information content (AvgIpc) is 2.07. The molecule has 0 radical (unpaired) electrons. The molecule has 0 N–H and O–H groups in total. The molecule has 0 saturated heterocycles. The van der Waals surface area contributed by atoms with Crippen LogP contribution in [0.1, 0.15) is 11.1 Å². The third kappa shape index (κ3) is 2.41. The Balaban J connectivity index is 2.97.